The Hall–Kier alpha value is -3.16. The van der Waals surface area contributed by atoms with Crippen LogP contribution in [0.15, 0.2) is 54.7 Å². The predicted octanol–water partition coefficient (Wildman–Crippen LogP) is 3.65. The molecule has 0 aliphatic heterocycles. The highest BCUT2D eigenvalue weighted by atomic mass is 19.4. The highest BCUT2D eigenvalue weighted by Gasteiger charge is 2.30. The van der Waals surface area contributed by atoms with Crippen LogP contribution in [-0.2, 0) is 6.18 Å². The lowest BCUT2D eigenvalue weighted by molar-refractivity contribution is -0.137. The molecule has 8 heteroatoms. The lowest BCUT2D eigenvalue weighted by Crippen LogP contribution is -2.04. The van der Waals surface area contributed by atoms with E-state index in [9.17, 15) is 18.0 Å². The first kappa shape index (κ1) is 15.7. The lowest BCUT2D eigenvalue weighted by Gasteiger charge is -2.07. The predicted molar refractivity (Wildman–Crippen MR) is 78.8 cm³/mol. The van der Waals surface area contributed by atoms with E-state index in [1.807, 2.05) is 0 Å². The minimum absolute atomic E-state index is 0.0728. The zero-order valence-electron chi connectivity index (χ0n) is 12.0. The minimum Gasteiger partial charge on any atom is -0.478 e. The quantitative estimate of drug-likeness (QED) is 0.794. The number of carboxylic acids is 1. The SMILES string of the molecule is O=C(O)c1cccc(-n2cc(-c3cccc(C(F)(F)F)c3)nn2)c1. The van der Waals surface area contributed by atoms with Gasteiger partial charge in [-0.25, -0.2) is 9.48 Å². The molecule has 24 heavy (non-hydrogen) atoms. The van der Waals surface area contributed by atoms with E-state index < -0.39 is 17.7 Å². The highest BCUT2D eigenvalue weighted by Crippen LogP contribution is 2.31. The van der Waals surface area contributed by atoms with E-state index in [0.29, 0.717) is 5.69 Å². The van der Waals surface area contributed by atoms with Crippen molar-refractivity contribution in [1.82, 2.24) is 15.0 Å². The number of aromatic carboxylic acids is 1. The van der Waals surface area contributed by atoms with Gasteiger partial charge < -0.3 is 5.11 Å². The van der Waals surface area contributed by atoms with Gasteiger partial charge in [-0.3, -0.25) is 0 Å². The zero-order chi connectivity index (χ0) is 17.3. The molecule has 122 valence electrons. The second kappa shape index (κ2) is 5.80. The average Bonchev–Trinajstić information content (AvgIpc) is 3.04. The Morgan fingerprint density at radius 3 is 2.54 bits per heavy atom. The van der Waals surface area contributed by atoms with Gasteiger partial charge in [-0.15, -0.1) is 5.10 Å². The van der Waals surface area contributed by atoms with E-state index in [1.54, 1.807) is 12.1 Å². The van der Waals surface area contributed by atoms with Crippen molar-refractivity contribution in [3.8, 4) is 16.9 Å². The molecule has 3 aromatic rings. The summed E-state index contributed by atoms with van der Waals surface area (Å²) in [5.41, 5.74) is 0.263. The molecule has 2 aromatic carbocycles. The summed E-state index contributed by atoms with van der Waals surface area (Å²) in [5, 5.41) is 16.7. The Balaban J connectivity index is 1.97. The summed E-state index contributed by atoms with van der Waals surface area (Å²) in [6.07, 6.45) is -3.00. The van der Waals surface area contributed by atoms with Crippen LogP contribution in [0.4, 0.5) is 13.2 Å². The third-order valence-corrected chi connectivity index (χ3v) is 3.34. The fourth-order valence-corrected chi connectivity index (χ4v) is 2.16. The van der Waals surface area contributed by atoms with Crippen molar-refractivity contribution in [2.45, 2.75) is 6.18 Å². The molecule has 0 spiro atoms. The minimum atomic E-state index is -4.44. The maximum Gasteiger partial charge on any atom is 0.416 e. The number of benzene rings is 2. The van der Waals surface area contributed by atoms with Gasteiger partial charge in [0, 0.05) is 5.56 Å². The number of alkyl halides is 3. The molecule has 1 aromatic heterocycles. The van der Waals surface area contributed by atoms with Gasteiger partial charge in [-0.1, -0.05) is 23.4 Å². The standard InChI is InChI=1S/C16H10F3N3O2/c17-16(18,19)12-5-1-3-10(7-12)14-9-22(21-20-14)13-6-2-4-11(8-13)15(23)24/h1-9H,(H,23,24). The van der Waals surface area contributed by atoms with Crippen LogP contribution in [0.2, 0.25) is 0 Å². The molecule has 0 aliphatic carbocycles. The van der Waals surface area contributed by atoms with Gasteiger partial charge in [0.25, 0.3) is 0 Å². The molecule has 1 N–H and O–H groups in total. The summed E-state index contributed by atoms with van der Waals surface area (Å²) in [6.45, 7) is 0. The van der Waals surface area contributed by atoms with E-state index in [1.165, 1.54) is 35.1 Å². The summed E-state index contributed by atoms with van der Waals surface area (Å²) in [7, 11) is 0. The van der Waals surface area contributed by atoms with Gasteiger partial charge in [-0.2, -0.15) is 13.2 Å². The van der Waals surface area contributed by atoms with Crippen molar-refractivity contribution in [2.75, 3.05) is 0 Å². The lowest BCUT2D eigenvalue weighted by atomic mass is 10.1. The average molecular weight is 333 g/mol. The van der Waals surface area contributed by atoms with Crippen molar-refractivity contribution >= 4 is 5.97 Å². The molecule has 0 amide bonds. The molecular formula is C16H10F3N3O2. The van der Waals surface area contributed by atoms with E-state index in [0.717, 1.165) is 12.1 Å². The first-order chi connectivity index (χ1) is 11.3. The number of hydrogen-bond acceptors (Lipinski definition) is 3. The number of carbonyl (C=O) groups is 1. The summed E-state index contributed by atoms with van der Waals surface area (Å²) >= 11 is 0. The third kappa shape index (κ3) is 3.12. The number of nitrogens with zero attached hydrogens (tertiary/aromatic N) is 3. The fourth-order valence-electron chi connectivity index (χ4n) is 2.16. The van der Waals surface area contributed by atoms with Crippen LogP contribution in [0.3, 0.4) is 0 Å². The molecule has 1 heterocycles. The second-order valence-electron chi connectivity index (χ2n) is 4.98. The van der Waals surface area contributed by atoms with Crippen LogP contribution in [0.1, 0.15) is 15.9 Å². The number of hydrogen-bond donors (Lipinski definition) is 1. The molecule has 0 bridgehead atoms. The largest absolute Gasteiger partial charge is 0.478 e. The second-order valence-corrected chi connectivity index (χ2v) is 4.98. The van der Waals surface area contributed by atoms with Crippen molar-refractivity contribution in [3.05, 3.63) is 65.9 Å². The summed E-state index contributed by atoms with van der Waals surface area (Å²) in [4.78, 5) is 11.0. The van der Waals surface area contributed by atoms with Crippen molar-refractivity contribution < 1.29 is 23.1 Å². The molecule has 0 radical (unpaired) electrons. The molecule has 0 unspecified atom stereocenters. The van der Waals surface area contributed by atoms with Crippen molar-refractivity contribution in [2.24, 2.45) is 0 Å². The molecule has 5 nitrogen and oxygen atoms in total. The van der Waals surface area contributed by atoms with Crippen LogP contribution in [0.25, 0.3) is 16.9 Å². The zero-order valence-corrected chi connectivity index (χ0v) is 12.0. The molecule has 0 atom stereocenters. The van der Waals surface area contributed by atoms with Crippen molar-refractivity contribution in [3.63, 3.8) is 0 Å². The van der Waals surface area contributed by atoms with Crippen LogP contribution in [0.5, 0.6) is 0 Å². The van der Waals surface area contributed by atoms with Crippen LogP contribution < -0.4 is 0 Å². The molecule has 0 saturated carbocycles. The Kier molecular flexibility index (Phi) is 3.80. The first-order valence-electron chi connectivity index (χ1n) is 6.78. The Morgan fingerprint density at radius 1 is 1.08 bits per heavy atom. The van der Waals surface area contributed by atoms with E-state index in [2.05, 4.69) is 10.3 Å². The molecular weight excluding hydrogens is 323 g/mol. The monoisotopic (exact) mass is 333 g/mol. The van der Waals surface area contributed by atoms with Gasteiger partial charge in [-0.05, 0) is 30.3 Å². The third-order valence-electron chi connectivity index (χ3n) is 3.34. The molecule has 3 rings (SSSR count). The van der Waals surface area contributed by atoms with Crippen LogP contribution in [0, 0.1) is 0 Å². The molecule has 0 fully saturated rings. The van der Waals surface area contributed by atoms with Crippen LogP contribution in [-0.4, -0.2) is 26.1 Å². The van der Waals surface area contributed by atoms with Gasteiger partial charge in [0.2, 0.25) is 0 Å². The number of aromatic nitrogens is 3. The fraction of sp³-hybridized carbons (Fsp3) is 0.0625. The first-order valence-corrected chi connectivity index (χ1v) is 6.78. The Morgan fingerprint density at radius 2 is 1.83 bits per heavy atom. The van der Waals surface area contributed by atoms with Crippen molar-refractivity contribution in [1.29, 1.82) is 0 Å². The molecule has 0 saturated heterocycles. The number of rotatable bonds is 3. The van der Waals surface area contributed by atoms with Gasteiger partial charge in [0.1, 0.15) is 5.69 Å². The van der Waals surface area contributed by atoms with E-state index in [-0.39, 0.29) is 16.8 Å². The normalized spacial score (nSPS) is 11.5. The van der Waals surface area contributed by atoms with Gasteiger partial charge in [0.15, 0.2) is 0 Å². The summed E-state index contributed by atoms with van der Waals surface area (Å²) in [5.74, 6) is -1.09. The van der Waals surface area contributed by atoms with Crippen LogP contribution >= 0.6 is 0 Å². The number of carboxylic acid groups (broad SMARTS) is 1. The van der Waals surface area contributed by atoms with E-state index in [4.69, 9.17) is 5.11 Å². The van der Waals surface area contributed by atoms with Gasteiger partial charge >= 0.3 is 12.1 Å². The summed E-state index contributed by atoms with van der Waals surface area (Å²) in [6, 6.07) is 10.7. The Bertz CT molecular complexity index is 903. The topological polar surface area (TPSA) is 68.0 Å². The van der Waals surface area contributed by atoms with E-state index >= 15 is 0 Å². The highest BCUT2D eigenvalue weighted by molar-refractivity contribution is 5.88. The molecule has 0 aliphatic rings. The smallest absolute Gasteiger partial charge is 0.416 e. The van der Waals surface area contributed by atoms with Gasteiger partial charge in [0.05, 0.1) is 23.0 Å². The Labute approximate surface area is 134 Å². The maximum atomic E-state index is 12.8. The summed E-state index contributed by atoms with van der Waals surface area (Å²) < 4.78 is 39.6. The number of halogens is 3. The maximum absolute atomic E-state index is 12.8.